The van der Waals surface area contributed by atoms with E-state index in [2.05, 4.69) is 15.5 Å². The first-order valence-corrected chi connectivity index (χ1v) is 10.3. The summed E-state index contributed by atoms with van der Waals surface area (Å²) in [6, 6.07) is 10.1. The minimum absolute atomic E-state index is 0.0980. The van der Waals surface area contributed by atoms with Crippen molar-refractivity contribution in [2.75, 3.05) is 18.2 Å². The van der Waals surface area contributed by atoms with Crippen molar-refractivity contribution in [1.82, 2.24) is 14.8 Å². The number of halogens is 1. The van der Waals surface area contributed by atoms with Crippen LogP contribution < -0.4 is 14.8 Å². The molecule has 10 nitrogen and oxygen atoms in total. The molecular weight excluding hydrogens is 441 g/mol. The summed E-state index contributed by atoms with van der Waals surface area (Å²) >= 11 is 1.09. The van der Waals surface area contributed by atoms with Gasteiger partial charge >= 0.3 is 0 Å². The van der Waals surface area contributed by atoms with Gasteiger partial charge in [0.25, 0.3) is 5.69 Å². The minimum Gasteiger partial charge on any atom is -0.497 e. The molecule has 168 valence electrons. The maximum absolute atomic E-state index is 13.8. The predicted molar refractivity (Wildman–Crippen MR) is 115 cm³/mol. The molecule has 0 aliphatic rings. The van der Waals surface area contributed by atoms with E-state index in [9.17, 15) is 19.3 Å². The zero-order valence-corrected chi connectivity index (χ0v) is 18.3. The Hall–Kier alpha value is -3.67. The molecule has 0 saturated carbocycles. The average Bonchev–Trinajstić information content (AvgIpc) is 3.14. The number of nitrogens with one attached hydrogen (secondary N) is 1. The predicted octanol–water partition coefficient (Wildman–Crippen LogP) is 3.74. The third-order valence-corrected chi connectivity index (χ3v) is 5.37. The lowest BCUT2D eigenvalue weighted by atomic mass is 10.2. The van der Waals surface area contributed by atoms with Gasteiger partial charge in [0, 0.05) is 25.2 Å². The van der Waals surface area contributed by atoms with E-state index >= 15 is 0 Å². The zero-order valence-electron chi connectivity index (χ0n) is 17.4. The van der Waals surface area contributed by atoms with Crippen molar-refractivity contribution in [3.63, 3.8) is 0 Å². The van der Waals surface area contributed by atoms with Crippen molar-refractivity contribution in [2.45, 2.75) is 18.2 Å². The summed E-state index contributed by atoms with van der Waals surface area (Å²) in [7, 11) is 3.31. The van der Waals surface area contributed by atoms with Crippen molar-refractivity contribution in [1.29, 1.82) is 0 Å². The van der Waals surface area contributed by atoms with Crippen molar-refractivity contribution in [3.05, 3.63) is 64.2 Å². The van der Waals surface area contributed by atoms with Crippen molar-refractivity contribution >= 4 is 29.0 Å². The number of amides is 1. The second-order valence-electron chi connectivity index (χ2n) is 6.60. The Morgan fingerprint density at radius 2 is 2.03 bits per heavy atom. The number of methoxy groups -OCH3 is 1. The third kappa shape index (κ3) is 5.52. The SMILES string of the molecule is COc1cccc(OC(C)c2nnc(SCC(=O)Nc3cc([N+](=O)[O-])ccc3F)n2C)c1. The van der Waals surface area contributed by atoms with Gasteiger partial charge in [0.2, 0.25) is 5.91 Å². The Kier molecular flexibility index (Phi) is 7.25. The minimum atomic E-state index is -0.765. The molecule has 1 aromatic heterocycles. The van der Waals surface area contributed by atoms with Gasteiger partial charge in [0.15, 0.2) is 17.1 Å². The number of non-ortho nitro benzene ring substituents is 1. The number of ether oxygens (including phenoxy) is 2. The second-order valence-corrected chi connectivity index (χ2v) is 7.54. The van der Waals surface area contributed by atoms with E-state index in [4.69, 9.17) is 9.47 Å². The van der Waals surface area contributed by atoms with Crippen LogP contribution in [0.15, 0.2) is 47.6 Å². The molecule has 2 aromatic carbocycles. The summed E-state index contributed by atoms with van der Waals surface area (Å²) in [5.74, 6) is 0.403. The molecule has 0 bridgehead atoms. The average molecular weight is 461 g/mol. The number of carbonyl (C=O) groups is 1. The molecule has 1 heterocycles. The number of anilines is 1. The summed E-state index contributed by atoms with van der Waals surface area (Å²) in [6.07, 6.45) is -0.429. The molecule has 12 heteroatoms. The molecule has 32 heavy (non-hydrogen) atoms. The molecule has 3 rings (SSSR count). The fraction of sp³-hybridized carbons (Fsp3) is 0.250. The number of nitrogens with zero attached hydrogens (tertiary/aromatic N) is 4. The van der Waals surface area contributed by atoms with E-state index < -0.39 is 22.8 Å². The van der Waals surface area contributed by atoms with Gasteiger partial charge in [-0.25, -0.2) is 4.39 Å². The lowest BCUT2D eigenvalue weighted by molar-refractivity contribution is -0.384. The van der Waals surface area contributed by atoms with Crippen LogP contribution >= 0.6 is 11.8 Å². The first-order valence-electron chi connectivity index (χ1n) is 9.35. The summed E-state index contributed by atoms with van der Waals surface area (Å²) in [6.45, 7) is 1.82. The van der Waals surface area contributed by atoms with E-state index in [0.717, 1.165) is 30.0 Å². The fourth-order valence-electron chi connectivity index (χ4n) is 2.78. The molecule has 1 unspecified atom stereocenters. The van der Waals surface area contributed by atoms with E-state index in [-0.39, 0.29) is 17.1 Å². The smallest absolute Gasteiger partial charge is 0.271 e. The highest BCUT2D eigenvalue weighted by Gasteiger charge is 2.19. The number of hydrogen-bond acceptors (Lipinski definition) is 8. The molecule has 1 atom stereocenters. The number of benzene rings is 2. The Morgan fingerprint density at radius 3 is 2.75 bits per heavy atom. The van der Waals surface area contributed by atoms with Gasteiger partial charge in [0.05, 0.1) is 23.5 Å². The van der Waals surface area contributed by atoms with Gasteiger partial charge in [-0.15, -0.1) is 10.2 Å². The van der Waals surface area contributed by atoms with Crippen LogP contribution in [0.5, 0.6) is 11.5 Å². The quantitative estimate of drug-likeness (QED) is 0.291. The Bertz CT molecular complexity index is 1140. The number of aromatic nitrogens is 3. The Labute approximate surface area is 186 Å². The first kappa shape index (κ1) is 23.0. The zero-order chi connectivity index (χ0) is 23.3. The van der Waals surface area contributed by atoms with Crippen LogP contribution in [0.2, 0.25) is 0 Å². The van der Waals surface area contributed by atoms with Gasteiger partial charge in [0.1, 0.15) is 17.3 Å². The first-order chi connectivity index (χ1) is 15.3. The van der Waals surface area contributed by atoms with Crippen LogP contribution in [0.1, 0.15) is 18.9 Å². The molecule has 0 fully saturated rings. The summed E-state index contributed by atoms with van der Waals surface area (Å²) in [5, 5.41) is 21.8. The summed E-state index contributed by atoms with van der Waals surface area (Å²) in [5.41, 5.74) is -0.582. The number of nitro benzene ring substituents is 1. The maximum atomic E-state index is 13.8. The highest BCUT2D eigenvalue weighted by molar-refractivity contribution is 7.99. The molecular formula is C20H20FN5O5S. The van der Waals surface area contributed by atoms with E-state index in [1.807, 2.05) is 13.0 Å². The maximum Gasteiger partial charge on any atom is 0.271 e. The molecule has 1 amide bonds. The number of nitro groups is 1. The number of hydrogen-bond donors (Lipinski definition) is 1. The molecule has 0 saturated heterocycles. The Morgan fingerprint density at radius 1 is 1.28 bits per heavy atom. The normalized spacial score (nSPS) is 11.6. The largest absolute Gasteiger partial charge is 0.497 e. The van der Waals surface area contributed by atoms with Gasteiger partial charge in [-0.05, 0) is 25.1 Å². The summed E-state index contributed by atoms with van der Waals surface area (Å²) < 4.78 is 26.6. The number of rotatable bonds is 9. The highest BCUT2D eigenvalue weighted by atomic mass is 32.2. The van der Waals surface area contributed by atoms with Crippen LogP contribution in [-0.4, -0.2) is 38.5 Å². The second kappa shape index (κ2) is 10.1. The van der Waals surface area contributed by atoms with Crippen molar-refractivity contribution < 1.29 is 23.6 Å². The lowest BCUT2D eigenvalue weighted by Gasteiger charge is -2.14. The molecule has 0 radical (unpaired) electrons. The molecule has 1 N–H and O–H groups in total. The number of carbonyl (C=O) groups excluding carboxylic acids is 1. The van der Waals surface area contributed by atoms with Crippen LogP contribution in [0.3, 0.4) is 0 Å². The van der Waals surface area contributed by atoms with Crippen LogP contribution in [0.25, 0.3) is 0 Å². The van der Waals surface area contributed by atoms with Crippen LogP contribution in [0, 0.1) is 15.9 Å². The van der Waals surface area contributed by atoms with Crippen LogP contribution in [-0.2, 0) is 11.8 Å². The lowest BCUT2D eigenvalue weighted by Crippen LogP contribution is -2.16. The van der Waals surface area contributed by atoms with E-state index in [1.165, 1.54) is 0 Å². The monoisotopic (exact) mass is 461 g/mol. The van der Waals surface area contributed by atoms with Crippen LogP contribution in [0.4, 0.5) is 15.8 Å². The standard InChI is InChI=1S/C20H20FN5O5S/c1-12(31-15-6-4-5-14(10-15)30-3)19-23-24-20(25(19)2)32-11-18(27)22-17-9-13(26(28)29)7-8-16(17)21/h4-10,12H,11H2,1-3H3,(H,22,27). The molecule has 0 aliphatic heterocycles. The third-order valence-electron chi connectivity index (χ3n) is 4.35. The highest BCUT2D eigenvalue weighted by Crippen LogP contribution is 2.26. The molecule has 0 aliphatic carbocycles. The van der Waals surface area contributed by atoms with E-state index in [0.29, 0.717) is 22.5 Å². The topological polar surface area (TPSA) is 121 Å². The van der Waals surface area contributed by atoms with Crippen molar-refractivity contribution in [2.24, 2.45) is 7.05 Å². The van der Waals surface area contributed by atoms with Gasteiger partial charge in [-0.1, -0.05) is 17.8 Å². The summed E-state index contributed by atoms with van der Waals surface area (Å²) in [4.78, 5) is 22.4. The van der Waals surface area contributed by atoms with Gasteiger partial charge in [-0.3, -0.25) is 14.9 Å². The van der Waals surface area contributed by atoms with Gasteiger partial charge < -0.3 is 19.4 Å². The fourth-order valence-corrected chi connectivity index (χ4v) is 3.49. The van der Waals surface area contributed by atoms with Crippen molar-refractivity contribution in [3.8, 4) is 11.5 Å². The number of thioether (sulfide) groups is 1. The molecule has 3 aromatic rings. The van der Waals surface area contributed by atoms with E-state index in [1.54, 1.807) is 36.9 Å². The Balaban J connectivity index is 1.61. The van der Waals surface area contributed by atoms with Gasteiger partial charge in [-0.2, -0.15) is 0 Å². The molecule has 0 spiro atoms.